The molecule has 240 valence electrons. The lowest BCUT2D eigenvalue weighted by molar-refractivity contribution is -0.126. The second-order valence-electron chi connectivity index (χ2n) is 12.4. The van der Waals surface area contributed by atoms with E-state index in [1.54, 1.807) is 28.8 Å². The van der Waals surface area contributed by atoms with Crippen LogP contribution in [0.2, 0.25) is 5.02 Å². The van der Waals surface area contributed by atoms with Crippen molar-refractivity contribution in [2.75, 3.05) is 31.6 Å². The van der Waals surface area contributed by atoms with E-state index in [9.17, 15) is 9.59 Å². The van der Waals surface area contributed by atoms with Crippen LogP contribution in [0.4, 0.5) is 14.6 Å². The first-order valence-corrected chi connectivity index (χ1v) is 15.9. The first kappa shape index (κ1) is 31.8. The minimum atomic E-state index is -0.961. The number of fused-ring (bicyclic) bond motifs is 5. The lowest BCUT2D eigenvalue weighted by atomic mass is 9.81. The number of benzene rings is 2. The topological polar surface area (TPSA) is 83.4 Å². The number of aromatic nitrogens is 3. The Bertz CT molecular complexity index is 1970. The summed E-state index contributed by atoms with van der Waals surface area (Å²) < 4.78 is 32.6. The zero-order chi connectivity index (χ0) is 33.0. The van der Waals surface area contributed by atoms with Crippen LogP contribution in [0.15, 0.2) is 41.8 Å². The molecule has 6 rings (SSSR count). The van der Waals surface area contributed by atoms with Gasteiger partial charge >= 0.3 is 5.69 Å². The smallest absolute Gasteiger partial charge is 0.350 e. The molecule has 0 saturated carbocycles. The van der Waals surface area contributed by atoms with Crippen molar-refractivity contribution in [2.24, 2.45) is 0 Å². The Morgan fingerprint density at radius 3 is 2.61 bits per heavy atom. The Kier molecular flexibility index (Phi) is 8.45. The summed E-state index contributed by atoms with van der Waals surface area (Å²) in [4.78, 5) is 39.8. The largest absolute Gasteiger partial charge is 0.354 e. The molecule has 8 nitrogen and oxygen atoms in total. The van der Waals surface area contributed by atoms with Crippen LogP contribution in [0.1, 0.15) is 54.6 Å². The van der Waals surface area contributed by atoms with E-state index in [2.05, 4.69) is 21.9 Å². The van der Waals surface area contributed by atoms with Gasteiger partial charge in [-0.25, -0.2) is 13.6 Å². The Morgan fingerprint density at radius 1 is 1.20 bits per heavy atom. The lowest BCUT2D eigenvalue weighted by Gasteiger charge is -2.41. The monoisotopic (exact) mass is 646 g/mol. The van der Waals surface area contributed by atoms with Crippen molar-refractivity contribution < 1.29 is 13.6 Å². The zero-order valence-electron chi connectivity index (χ0n) is 26.7. The highest BCUT2D eigenvalue weighted by atomic mass is 35.5. The molecule has 46 heavy (non-hydrogen) atoms. The highest BCUT2D eigenvalue weighted by Gasteiger charge is 2.34. The third-order valence-electron chi connectivity index (χ3n) is 9.18. The molecule has 0 bridgehead atoms. The van der Waals surface area contributed by atoms with Crippen LogP contribution < -0.4 is 15.9 Å². The van der Waals surface area contributed by atoms with E-state index in [0.717, 1.165) is 11.3 Å². The number of nitrogens with zero attached hydrogens (tertiary/aromatic N) is 5. The van der Waals surface area contributed by atoms with Gasteiger partial charge in [0.1, 0.15) is 5.82 Å². The number of amides is 1. The molecule has 0 unspecified atom stereocenters. The SMILES string of the molecule is C=CC(=O)N1CCN(c2nc(=O)n(-c3c(C)ccnc3C(C)C)c3c4c(c(Cl)cc23)-c2c(F)c(F)cc(CNC)c2CC4)[C@@H](C)C1. The van der Waals surface area contributed by atoms with Gasteiger partial charge in [0, 0.05) is 60.0 Å². The quantitative estimate of drug-likeness (QED) is 0.265. The van der Waals surface area contributed by atoms with Gasteiger partial charge in [-0.05, 0) is 86.2 Å². The number of halogens is 3. The number of hydrogen-bond acceptors (Lipinski definition) is 6. The van der Waals surface area contributed by atoms with Crippen molar-refractivity contribution in [1.29, 1.82) is 0 Å². The predicted octanol–water partition coefficient (Wildman–Crippen LogP) is 5.85. The third-order valence-corrected chi connectivity index (χ3v) is 9.48. The number of anilines is 1. The highest BCUT2D eigenvalue weighted by molar-refractivity contribution is 6.35. The Balaban J connectivity index is 1.72. The van der Waals surface area contributed by atoms with Crippen LogP contribution in [0.3, 0.4) is 0 Å². The third kappa shape index (κ3) is 5.08. The molecule has 1 N–H and O–H groups in total. The molecule has 0 radical (unpaired) electrons. The Hall–Kier alpha value is -4.15. The van der Waals surface area contributed by atoms with Crippen molar-refractivity contribution in [1.82, 2.24) is 24.8 Å². The van der Waals surface area contributed by atoms with E-state index in [4.69, 9.17) is 11.6 Å². The minimum absolute atomic E-state index is 0.0217. The fourth-order valence-electron chi connectivity index (χ4n) is 7.10. The average molecular weight is 647 g/mol. The van der Waals surface area contributed by atoms with Gasteiger partial charge < -0.3 is 15.1 Å². The molecule has 1 aliphatic carbocycles. The fourth-order valence-corrected chi connectivity index (χ4v) is 7.42. The maximum Gasteiger partial charge on any atom is 0.354 e. The Labute approximate surface area is 271 Å². The number of pyridine rings is 1. The first-order chi connectivity index (χ1) is 22.0. The van der Waals surface area contributed by atoms with Gasteiger partial charge in [0.15, 0.2) is 11.6 Å². The molecule has 1 atom stereocenters. The number of rotatable bonds is 6. The minimum Gasteiger partial charge on any atom is -0.350 e. The van der Waals surface area contributed by atoms with Crippen LogP contribution in [0.25, 0.3) is 27.7 Å². The molecule has 2 aromatic carbocycles. The van der Waals surface area contributed by atoms with Gasteiger partial charge in [-0.1, -0.05) is 32.0 Å². The average Bonchev–Trinajstić information content (AvgIpc) is 3.03. The summed E-state index contributed by atoms with van der Waals surface area (Å²) in [6, 6.07) is 4.64. The van der Waals surface area contributed by atoms with Gasteiger partial charge in [-0.15, -0.1) is 0 Å². The van der Waals surface area contributed by atoms with Crippen molar-refractivity contribution in [3.05, 3.63) is 92.1 Å². The van der Waals surface area contributed by atoms with Crippen molar-refractivity contribution in [3.63, 3.8) is 0 Å². The normalized spacial score (nSPS) is 16.2. The number of aryl methyl sites for hydroxylation is 2. The second kappa shape index (κ2) is 12.2. The highest BCUT2D eigenvalue weighted by Crippen LogP contribution is 2.47. The number of nitrogens with one attached hydrogen (secondary N) is 1. The lowest BCUT2D eigenvalue weighted by Crippen LogP contribution is -2.54. The summed E-state index contributed by atoms with van der Waals surface area (Å²) in [6.45, 7) is 13.2. The Morgan fingerprint density at radius 2 is 1.93 bits per heavy atom. The summed E-state index contributed by atoms with van der Waals surface area (Å²) in [5.41, 5.74) is 4.74. The number of piperazine rings is 1. The molecular formula is C35H37ClF2N6O2. The van der Waals surface area contributed by atoms with Gasteiger partial charge in [0.25, 0.3) is 0 Å². The molecule has 0 spiro atoms. The molecule has 3 heterocycles. The van der Waals surface area contributed by atoms with Gasteiger partial charge in [0.05, 0.1) is 16.9 Å². The van der Waals surface area contributed by atoms with Crippen LogP contribution in [0, 0.1) is 18.6 Å². The summed E-state index contributed by atoms with van der Waals surface area (Å²) in [5.74, 6) is -1.65. The second-order valence-corrected chi connectivity index (χ2v) is 12.8. The molecule has 1 fully saturated rings. The van der Waals surface area contributed by atoms with E-state index in [1.165, 1.54) is 12.1 Å². The standard InChI is InChI=1S/C35H37ClF2N6O2/c1-7-27(45)42-12-13-43(20(5)17-42)34-24-15-25(36)28-23(9-8-22-21(16-39-6)14-26(37)30(38)29(22)28)33(24)44(35(46)41-34)32-19(4)10-11-40-31(32)18(2)3/h7,10-11,14-15,18,20,39H,1,8-9,12-13,16-17H2,2-6H3/t20-/m0/s1. The summed E-state index contributed by atoms with van der Waals surface area (Å²) in [5, 5.41) is 3.92. The molecule has 4 aromatic rings. The van der Waals surface area contributed by atoms with Crippen molar-refractivity contribution in [2.45, 2.75) is 59.0 Å². The fraction of sp³-hybridized carbons (Fsp3) is 0.371. The number of hydrogen-bond donors (Lipinski definition) is 1. The van der Waals surface area contributed by atoms with Crippen LogP contribution in [0.5, 0.6) is 0 Å². The van der Waals surface area contributed by atoms with Crippen molar-refractivity contribution in [3.8, 4) is 16.8 Å². The summed E-state index contributed by atoms with van der Waals surface area (Å²) in [7, 11) is 1.76. The summed E-state index contributed by atoms with van der Waals surface area (Å²) in [6.07, 6.45) is 3.89. The zero-order valence-corrected chi connectivity index (χ0v) is 27.4. The molecule has 11 heteroatoms. The molecule has 1 amide bonds. The molecular weight excluding hydrogens is 610 g/mol. The van der Waals surface area contributed by atoms with E-state index >= 15 is 8.78 Å². The first-order valence-electron chi connectivity index (χ1n) is 15.5. The van der Waals surface area contributed by atoms with E-state index in [-0.39, 0.29) is 28.5 Å². The maximum atomic E-state index is 15.9. The summed E-state index contributed by atoms with van der Waals surface area (Å²) >= 11 is 7.07. The van der Waals surface area contributed by atoms with Crippen LogP contribution in [-0.2, 0) is 24.2 Å². The molecule has 1 aliphatic heterocycles. The molecule has 2 aromatic heterocycles. The maximum absolute atomic E-state index is 15.9. The number of carbonyl (C=O) groups is 1. The van der Waals surface area contributed by atoms with Crippen LogP contribution >= 0.6 is 11.6 Å². The molecule has 2 aliphatic rings. The van der Waals surface area contributed by atoms with Gasteiger partial charge in [-0.3, -0.25) is 14.3 Å². The van der Waals surface area contributed by atoms with Gasteiger partial charge in [0.2, 0.25) is 5.91 Å². The van der Waals surface area contributed by atoms with E-state index < -0.39 is 17.3 Å². The predicted molar refractivity (Wildman–Crippen MR) is 178 cm³/mol. The van der Waals surface area contributed by atoms with Crippen LogP contribution in [-0.4, -0.2) is 58.1 Å². The molecule has 1 saturated heterocycles. The van der Waals surface area contributed by atoms with Gasteiger partial charge in [-0.2, -0.15) is 4.98 Å². The number of carbonyl (C=O) groups excluding carboxylic acids is 1. The van der Waals surface area contributed by atoms with E-state index in [1.807, 2.05) is 38.7 Å². The van der Waals surface area contributed by atoms with Crippen molar-refractivity contribution >= 4 is 34.2 Å². The van der Waals surface area contributed by atoms with E-state index in [0.29, 0.717) is 83.7 Å².